The fourth-order valence-electron chi connectivity index (χ4n) is 2.06. The number of methoxy groups -OCH3 is 1. The van der Waals surface area contributed by atoms with Crippen LogP contribution in [0.2, 0.25) is 0 Å². The number of carbonyl (C=O) groups is 1. The van der Waals surface area contributed by atoms with E-state index in [0.29, 0.717) is 23.2 Å². The van der Waals surface area contributed by atoms with Gasteiger partial charge in [0.05, 0.1) is 23.9 Å². The maximum atomic E-state index is 12.6. The van der Waals surface area contributed by atoms with Crippen molar-refractivity contribution in [2.24, 2.45) is 0 Å². The van der Waals surface area contributed by atoms with E-state index in [1.807, 2.05) is 13.8 Å². The van der Waals surface area contributed by atoms with Crippen molar-refractivity contribution >= 4 is 21.9 Å². The third-order valence-electron chi connectivity index (χ3n) is 3.07. The largest absolute Gasteiger partial charge is 0.494 e. The van der Waals surface area contributed by atoms with Gasteiger partial charge < -0.3 is 14.2 Å². The first-order valence-electron chi connectivity index (χ1n) is 7.85. The van der Waals surface area contributed by atoms with Gasteiger partial charge in [0.25, 0.3) is 5.56 Å². The SMILES string of the molecule is COc1cn(C(CCOC(C)C)C(=O)OC(C)(C)C)c(=O)cc1Br. The minimum absolute atomic E-state index is 0.0421. The van der Waals surface area contributed by atoms with Crippen molar-refractivity contribution < 1.29 is 19.0 Å². The first-order chi connectivity index (χ1) is 11.0. The van der Waals surface area contributed by atoms with Crippen molar-refractivity contribution in [1.29, 1.82) is 0 Å². The Bertz CT molecular complexity index is 618. The number of nitrogens with zero attached hydrogens (tertiary/aromatic N) is 1. The summed E-state index contributed by atoms with van der Waals surface area (Å²) in [6, 6.07) is 0.594. The molecular formula is C17H26BrNO5. The second-order valence-electron chi connectivity index (χ2n) is 6.69. The van der Waals surface area contributed by atoms with E-state index >= 15 is 0 Å². The van der Waals surface area contributed by atoms with E-state index in [-0.39, 0.29) is 11.7 Å². The molecule has 0 aliphatic rings. The quantitative estimate of drug-likeness (QED) is 0.653. The van der Waals surface area contributed by atoms with Crippen LogP contribution in [0, 0.1) is 0 Å². The van der Waals surface area contributed by atoms with Crippen LogP contribution in [-0.4, -0.2) is 36.0 Å². The van der Waals surface area contributed by atoms with Gasteiger partial charge in [-0.05, 0) is 50.5 Å². The summed E-state index contributed by atoms with van der Waals surface area (Å²) in [4.78, 5) is 24.9. The Kier molecular flexibility index (Phi) is 7.48. The Morgan fingerprint density at radius 2 is 1.96 bits per heavy atom. The number of pyridine rings is 1. The molecule has 7 heteroatoms. The number of carbonyl (C=O) groups excluding carboxylic acids is 1. The summed E-state index contributed by atoms with van der Waals surface area (Å²) < 4.78 is 18.1. The Labute approximate surface area is 151 Å². The molecule has 1 aromatic heterocycles. The van der Waals surface area contributed by atoms with Crippen LogP contribution in [0.1, 0.15) is 47.1 Å². The van der Waals surface area contributed by atoms with Crippen LogP contribution in [0.5, 0.6) is 5.75 Å². The lowest BCUT2D eigenvalue weighted by Gasteiger charge is -2.25. The van der Waals surface area contributed by atoms with Crippen LogP contribution in [0.15, 0.2) is 21.5 Å². The summed E-state index contributed by atoms with van der Waals surface area (Å²) in [5.41, 5.74) is -0.958. The second kappa shape index (κ2) is 8.67. The molecule has 0 aliphatic heterocycles. The summed E-state index contributed by atoms with van der Waals surface area (Å²) in [7, 11) is 1.50. The summed E-state index contributed by atoms with van der Waals surface area (Å²) in [5, 5.41) is 0. The van der Waals surface area contributed by atoms with Crippen molar-refractivity contribution in [2.45, 2.75) is 58.8 Å². The van der Waals surface area contributed by atoms with Gasteiger partial charge in [0, 0.05) is 19.1 Å². The average Bonchev–Trinajstić information content (AvgIpc) is 2.42. The summed E-state index contributed by atoms with van der Waals surface area (Å²) >= 11 is 3.27. The molecule has 0 spiro atoms. The normalized spacial score (nSPS) is 13.0. The van der Waals surface area contributed by atoms with Gasteiger partial charge in [0.1, 0.15) is 17.4 Å². The minimum Gasteiger partial charge on any atom is -0.494 e. The molecule has 136 valence electrons. The molecule has 0 aliphatic carbocycles. The minimum atomic E-state index is -0.780. The molecule has 0 saturated carbocycles. The highest BCUT2D eigenvalue weighted by Crippen LogP contribution is 2.25. The zero-order valence-electron chi connectivity index (χ0n) is 15.1. The monoisotopic (exact) mass is 403 g/mol. The molecule has 0 fully saturated rings. The third-order valence-corrected chi connectivity index (χ3v) is 3.69. The zero-order valence-corrected chi connectivity index (χ0v) is 16.7. The van der Waals surface area contributed by atoms with E-state index in [9.17, 15) is 9.59 Å². The topological polar surface area (TPSA) is 66.8 Å². The number of aromatic nitrogens is 1. The molecule has 1 atom stereocenters. The van der Waals surface area contributed by atoms with Gasteiger partial charge in [-0.1, -0.05) is 0 Å². The summed E-state index contributed by atoms with van der Waals surface area (Å²) in [6.07, 6.45) is 1.88. The molecular weight excluding hydrogens is 378 g/mol. The number of esters is 1. The molecule has 24 heavy (non-hydrogen) atoms. The maximum absolute atomic E-state index is 12.6. The molecule has 0 aromatic carbocycles. The fourth-order valence-corrected chi connectivity index (χ4v) is 2.52. The van der Waals surface area contributed by atoms with E-state index in [4.69, 9.17) is 14.2 Å². The lowest BCUT2D eigenvalue weighted by atomic mass is 10.1. The Balaban J connectivity index is 3.16. The van der Waals surface area contributed by atoms with Crippen LogP contribution in [-0.2, 0) is 14.3 Å². The van der Waals surface area contributed by atoms with Crippen LogP contribution >= 0.6 is 15.9 Å². The molecule has 1 aromatic rings. The molecule has 6 nitrogen and oxygen atoms in total. The van der Waals surface area contributed by atoms with Crippen LogP contribution in [0.3, 0.4) is 0 Å². The van der Waals surface area contributed by atoms with E-state index in [0.717, 1.165) is 0 Å². The van der Waals surface area contributed by atoms with Crippen LogP contribution in [0.25, 0.3) is 0 Å². The van der Waals surface area contributed by atoms with Gasteiger partial charge in [-0.15, -0.1) is 0 Å². The smallest absolute Gasteiger partial charge is 0.329 e. The van der Waals surface area contributed by atoms with Crippen molar-refractivity contribution in [2.75, 3.05) is 13.7 Å². The number of rotatable bonds is 7. The van der Waals surface area contributed by atoms with Crippen LogP contribution in [0.4, 0.5) is 0 Å². The molecule has 0 amide bonds. The number of hydrogen-bond acceptors (Lipinski definition) is 5. The van der Waals surface area contributed by atoms with Crippen molar-refractivity contribution in [3.8, 4) is 5.75 Å². The lowest BCUT2D eigenvalue weighted by Crippen LogP contribution is -2.35. The van der Waals surface area contributed by atoms with Crippen molar-refractivity contribution in [3.05, 3.63) is 27.1 Å². The number of hydrogen-bond donors (Lipinski definition) is 0. The van der Waals surface area contributed by atoms with E-state index in [2.05, 4.69) is 15.9 Å². The van der Waals surface area contributed by atoms with E-state index in [1.165, 1.54) is 23.9 Å². The predicted molar refractivity (Wildman–Crippen MR) is 95.5 cm³/mol. The van der Waals surface area contributed by atoms with E-state index < -0.39 is 17.6 Å². The van der Waals surface area contributed by atoms with E-state index in [1.54, 1.807) is 20.8 Å². The van der Waals surface area contributed by atoms with Crippen molar-refractivity contribution in [3.63, 3.8) is 0 Å². The van der Waals surface area contributed by atoms with Gasteiger partial charge in [0.15, 0.2) is 0 Å². The molecule has 1 heterocycles. The first kappa shape index (κ1) is 20.7. The van der Waals surface area contributed by atoms with Crippen molar-refractivity contribution in [1.82, 2.24) is 4.57 Å². The Hall–Kier alpha value is -1.34. The lowest BCUT2D eigenvalue weighted by molar-refractivity contribution is -0.160. The Morgan fingerprint density at radius 3 is 2.46 bits per heavy atom. The average molecular weight is 404 g/mol. The highest BCUT2D eigenvalue weighted by atomic mass is 79.9. The first-order valence-corrected chi connectivity index (χ1v) is 8.64. The molecule has 0 saturated heterocycles. The molecule has 1 unspecified atom stereocenters. The van der Waals surface area contributed by atoms with Gasteiger partial charge >= 0.3 is 5.97 Å². The zero-order chi connectivity index (χ0) is 18.5. The van der Waals surface area contributed by atoms with Gasteiger partial charge in [-0.25, -0.2) is 4.79 Å². The molecule has 1 rings (SSSR count). The fraction of sp³-hybridized carbons (Fsp3) is 0.647. The maximum Gasteiger partial charge on any atom is 0.329 e. The highest BCUT2D eigenvalue weighted by Gasteiger charge is 2.28. The second-order valence-corrected chi connectivity index (χ2v) is 7.55. The standard InChI is InChI=1S/C17H26BrNO5/c1-11(2)23-8-7-13(16(21)24-17(3,4)5)19-10-14(22-6)12(18)9-15(19)20/h9-11,13H,7-8H2,1-6H3. The third kappa shape index (κ3) is 6.28. The van der Waals surface area contributed by atoms with Gasteiger partial charge in [-0.3, -0.25) is 9.36 Å². The van der Waals surface area contributed by atoms with Gasteiger partial charge in [0.2, 0.25) is 0 Å². The summed E-state index contributed by atoms with van der Waals surface area (Å²) in [5.74, 6) is -0.00531. The molecule has 0 N–H and O–H groups in total. The molecule has 0 bridgehead atoms. The molecule has 0 radical (unpaired) electrons. The van der Waals surface area contributed by atoms with Crippen LogP contribution < -0.4 is 10.3 Å². The highest BCUT2D eigenvalue weighted by molar-refractivity contribution is 9.10. The Morgan fingerprint density at radius 1 is 1.33 bits per heavy atom. The number of halogens is 1. The predicted octanol–water partition coefficient (Wildman–Crippen LogP) is 3.32. The van der Waals surface area contributed by atoms with Gasteiger partial charge in [-0.2, -0.15) is 0 Å². The number of ether oxygens (including phenoxy) is 3. The summed E-state index contributed by atoms with van der Waals surface area (Å²) in [6.45, 7) is 9.54.